The quantitative estimate of drug-likeness (QED) is 0.766. The molecule has 2 N–H and O–H groups in total. The third-order valence-electron chi connectivity index (χ3n) is 4.50. The standard InChI is InChI=1S/C20H29N3O/c1-7-11-20(15(3)21-16(4)22-20)14-23(5)13-18-9-10-19(24-6)12-17(18)8-2/h8-10,12,21-22H,2-4,7,11,13-14H2,1,5-6H3. The summed E-state index contributed by atoms with van der Waals surface area (Å²) in [7, 11) is 3.81. The molecule has 24 heavy (non-hydrogen) atoms. The monoisotopic (exact) mass is 327 g/mol. The molecule has 0 radical (unpaired) electrons. The molecule has 1 aromatic carbocycles. The van der Waals surface area contributed by atoms with E-state index in [0.29, 0.717) is 0 Å². The summed E-state index contributed by atoms with van der Waals surface area (Å²) in [5.41, 5.74) is 3.17. The average molecular weight is 327 g/mol. The molecule has 0 saturated carbocycles. The second-order valence-corrected chi connectivity index (χ2v) is 6.48. The van der Waals surface area contributed by atoms with Gasteiger partial charge in [0.25, 0.3) is 0 Å². The summed E-state index contributed by atoms with van der Waals surface area (Å²) in [4.78, 5) is 2.31. The Kier molecular flexibility index (Phi) is 5.73. The topological polar surface area (TPSA) is 36.5 Å². The number of hydrogen-bond donors (Lipinski definition) is 2. The van der Waals surface area contributed by atoms with Gasteiger partial charge in [0.1, 0.15) is 5.75 Å². The summed E-state index contributed by atoms with van der Waals surface area (Å²) in [5.74, 6) is 1.68. The number of likely N-dealkylation sites (N-methyl/N-ethyl adjacent to an activating group) is 1. The molecule has 1 saturated heterocycles. The molecule has 0 aliphatic carbocycles. The fraction of sp³-hybridized carbons (Fsp3) is 0.400. The third kappa shape index (κ3) is 3.82. The van der Waals surface area contributed by atoms with Gasteiger partial charge in [0.15, 0.2) is 0 Å². The smallest absolute Gasteiger partial charge is 0.119 e. The average Bonchev–Trinajstić information content (AvgIpc) is 2.81. The second kappa shape index (κ2) is 7.58. The number of rotatable bonds is 8. The molecule has 0 aromatic heterocycles. The van der Waals surface area contributed by atoms with Crippen molar-refractivity contribution in [1.82, 2.24) is 15.5 Å². The zero-order valence-electron chi connectivity index (χ0n) is 15.1. The van der Waals surface area contributed by atoms with Crippen molar-refractivity contribution in [2.75, 3.05) is 20.7 Å². The minimum absolute atomic E-state index is 0.165. The fourth-order valence-electron chi connectivity index (χ4n) is 3.39. The predicted octanol–water partition coefficient (Wildman–Crippen LogP) is 3.49. The molecule has 4 nitrogen and oxygen atoms in total. The number of nitrogens with zero attached hydrogens (tertiary/aromatic N) is 1. The highest BCUT2D eigenvalue weighted by Gasteiger charge is 2.38. The second-order valence-electron chi connectivity index (χ2n) is 6.48. The number of hydrogen-bond acceptors (Lipinski definition) is 4. The van der Waals surface area contributed by atoms with Crippen molar-refractivity contribution in [3.8, 4) is 5.75 Å². The van der Waals surface area contributed by atoms with Crippen LogP contribution in [0, 0.1) is 0 Å². The van der Waals surface area contributed by atoms with Gasteiger partial charge in [-0.25, -0.2) is 0 Å². The van der Waals surface area contributed by atoms with Crippen LogP contribution in [-0.4, -0.2) is 31.1 Å². The Labute approximate surface area is 145 Å². The van der Waals surface area contributed by atoms with Gasteiger partial charge < -0.3 is 15.4 Å². The van der Waals surface area contributed by atoms with Crippen LogP contribution in [0.25, 0.3) is 6.08 Å². The number of benzene rings is 1. The van der Waals surface area contributed by atoms with E-state index in [-0.39, 0.29) is 5.54 Å². The molecular formula is C20H29N3O. The lowest BCUT2D eigenvalue weighted by Crippen LogP contribution is -2.49. The molecule has 1 aromatic rings. The van der Waals surface area contributed by atoms with Crippen LogP contribution in [0.15, 0.2) is 49.5 Å². The molecular weight excluding hydrogens is 298 g/mol. The predicted molar refractivity (Wildman–Crippen MR) is 102 cm³/mol. The fourth-order valence-corrected chi connectivity index (χ4v) is 3.39. The molecule has 0 spiro atoms. The summed E-state index contributed by atoms with van der Waals surface area (Å²) in [6.45, 7) is 16.0. The first kappa shape index (κ1) is 18.1. The maximum absolute atomic E-state index is 5.30. The van der Waals surface area contributed by atoms with Crippen LogP contribution in [0.4, 0.5) is 0 Å². The van der Waals surface area contributed by atoms with Crippen molar-refractivity contribution in [3.63, 3.8) is 0 Å². The van der Waals surface area contributed by atoms with Gasteiger partial charge in [0.2, 0.25) is 0 Å². The zero-order valence-corrected chi connectivity index (χ0v) is 15.1. The van der Waals surface area contributed by atoms with Gasteiger partial charge in [-0.2, -0.15) is 0 Å². The summed E-state index contributed by atoms with van der Waals surface area (Å²) >= 11 is 0. The van der Waals surface area contributed by atoms with Crippen molar-refractivity contribution in [2.45, 2.75) is 31.8 Å². The molecule has 0 amide bonds. The number of nitrogens with one attached hydrogen (secondary N) is 2. The lowest BCUT2D eigenvalue weighted by atomic mass is 9.91. The van der Waals surface area contributed by atoms with Gasteiger partial charge in [0, 0.05) is 18.8 Å². The molecule has 1 aliphatic rings. The van der Waals surface area contributed by atoms with Gasteiger partial charge in [-0.1, -0.05) is 45.2 Å². The summed E-state index contributed by atoms with van der Waals surface area (Å²) < 4.78 is 5.30. The van der Waals surface area contributed by atoms with E-state index in [4.69, 9.17) is 4.74 Å². The lowest BCUT2D eigenvalue weighted by Gasteiger charge is -2.34. The van der Waals surface area contributed by atoms with Crippen LogP contribution in [-0.2, 0) is 6.54 Å². The van der Waals surface area contributed by atoms with E-state index in [1.54, 1.807) is 7.11 Å². The normalized spacial score (nSPS) is 20.0. The minimum atomic E-state index is -0.165. The van der Waals surface area contributed by atoms with Crippen molar-refractivity contribution in [3.05, 3.63) is 60.6 Å². The van der Waals surface area contributed by atoms with Gasteiger partial charge in [0.05, 0.1) is 18.5 Å². The van der Waals surface area contributed by atoms with E-state index in [2.05, 4.69) is 55.3 Å². The number of ether oxygens (including phenoxy) is 1. The van der Waals surface area contributed by atoms with E-state index in [0.717, 1.165) is 48.8 Å². The third-order valence-corrected chi connectivity index (χ3v) is 4.50. The van der Waals surface area contributed by atoms with E-state index >= 15 is 0 Å². The molecule has 1 aliphatic heterocycles. The molecule has 1 heterocycles. The largest absolute Gasteiger partial charge is 0.497 e. The Balaban J connectivity index is 2.14. The Bertz CT molecular complexity index is 638. The van der Waals surface area contributed by atoms with Crippen molar-refractivity contribution in [2.24, 2.45) is 0 Å². The van der Waals surface area contributed by atoms with Gasteiger partial charge in [-0.05, 0) is 36.7 Å². The molecule has 4 heteroatoms. The van der Waals surface area contributed by atoms with E-state index in [1.165, 1.54) is 5.56 Å². The van der Waals surface area contributed by atoms with E-state index < -0.39 is 0 Å². The summed E-state index contributed by atoms with van der Waals surface area (Å²) in [5, 5.41) is 6.73. The highest BCUT2D eigenvalue weighted by Crippen LogP contribution is 2.28. The zero-order chi connectivity index (χ0) is 17.7. The van der Waals surface area contributed by atoms with Crippen molar-refractivity contribution < 1.29 is 4.74 Å². The Hall–Kier alpha value is -2.20. The van der Waals surface area contributed by atoms with Crippen LogP contribution in [0.2, 0.25) is 0 Å². The maximum atomic E-state index is 5.30. The lowest BCUT2D eigenvalue weighted by molar-refractivity contribution is 0.238. The van der Waals surface area contributed by atoms with E-state index in [1.807, 2.05) is 18.2 Å². The van der Waals surface area contributed by atoms with Crippen molar-refractivity contribution >= 4 is 6.08 Å². The molecule has 1 atom stereocenters. The van der Waals surface area contributed by atoms with Crippen LogP contribution in [0.1, 0.15) is 30.9 Å². The first-order valence-electron chi connectivity index (χ1n) is 8.35. The Morgan fingerprint density at radius 1 is 1.33 bits per heavy atom. The Morgan fingerprint density at radius 2 is 2.08 bits per heavy atom. The summed E-state index contributed by atoms with van der Waals surface area (Å²) in [6, 6.07) is 6.12. The molecule has 130 valence electrons. The SMILES string of the molecule is C=Cc1cc(OC)ccc1CN(C)CC1(CCC)NC(=C)NC1=C. The first-order valence-corrected chi connectivity index (χ1v) is 8.35. The Morgan fingerprint density at radius 3 is 2.62 bits per heavy atom. The highest BCUT2D eigenvalue weighted by atomic mass is 16.5. The van der Waals surface area contributed by atoms with Gasteiger partial charge in [-0.15, -0.1) is 0 Å². The van der Waals surface area contributed by atoms with E-state index in [9.17, 15) is 0 Å². The summed E-state index contributed by atoms with van der Waals surface area (Å²) in [6.07, 6.45) is 3.97. The van der Waals surface area contributed by atoms with Crippen molar-refractivity contribution in [1.29, 1.82) is 0 Å². The van der Waals surface area contributed by atoms with Gasteiger partial charge >= 0.3 is 0 Å². The maximum Gasteiger partial charge on any atom is 0.119 e. The molecule has 1 fully saturated rings. The highest BCUT2D eigenvalue weighted by molar-refractivity contribution is 5.54. The van der Waals surface area contributed by atoms with Crippen LogP contribution in [0.3, 0.4) is 0 Å². The van der Waals surface area contributed by atoms with Gasteiger partial charge in [-0.3, -0.25) is 4.90 Å². The van der Waals surface area contributed by atoms with Crippen LogP contribution < -0.4 is 15.4 Å². The molecule has 0 bridgehead atoms. The van der Waals surface area contributed by atoms with Crippen LogP contribution in [0.5, 0.6) is 5.75 Å². The van der Waals surface area contributed by atoms with Crippen LogP contribution >= 0.6 is 0 Å². The molecule has 2 rings (SSSR count). The first-order chi connectivity index (χ1) is 11.4. The minimum Gasteiger partial charge on any atom is -0.497 e. The number of methoxy groups -OCH3 is 1. The molecule has 1 unspecified atom stereocenters.